The summed E-state index contributed by atoms with van der Waals surface area (Å²) in [6.45, 7) is 1.86. The number of hydrogen-bond acceptors (Lipinski definition) is 5. The number of aromatic nitrogens is 1. The van der Waals surface area contributed by atoms with E-state index < -0.39 is 4.92 Å². The van der Waals surface area contributed by atoms with Crippen LogP contribution in [0.25, 0.3) is 0 Å². The summed E-state index contributed by atoms with van der Waals surface area (Å²) >= 11 is 7.16. The zero-order chi connectivity index (χ0) is 14.7. The summed E-state index contributed by atoms with van der Waals surface area (Å²) in [5.41, 5.74) is 0.764. The molecule has 0 atom stereocenters. The number of carbonyl (C=O) groups excluding carboxylic acids is 1. The summed E-state index contributed by atoms with van der Waals surface area (Å²) in [4.78, 5) is 26.1. The predicted molar refractivity (Wildman–Crippen MR) is 77.3 cm³/mol. The van der Waals surface area contributed by atoms with Crippen LogP contribution < -0.4 is 5.32 Å². The Bertz CT molecular complexity index is 672. The minimum atomic E-state index is -0.595. The van der Waals surface area contributed by atoms with Crippen LogP contribution in [0, 0.1) is 17.0 Å². The first-order chi connectivity index (χ1) is 9.45. The molecule has 104 valence electrons. The molecule has 1 aromatic carbocycles. The van der Waals surface area contributed by atoms with E-state index in [1.54, 1.807) is 5.38 Å². The summed E-state index contributed by atoms with van der Waals surface area (Å²) < 4.78 is 0. The molecule has 0 saturated heterocycles. The maximum Gasteiger partial charge on any atom is 0.289 e. The summed E-state index contributed by atoms with van der Waals surface area (Å²) in [6.07, 6.45) is 0.126. The fraction of sp³-hybridized carbons (Fsp3) is 0.167. The highest BCUT2D eigenvalue weighted by atomic mass is 35.5. The van der Waals surface area contributed by atoms with Crippen LogP contribution in [0.5, 0.6) is 0 Å². The molecular formula is C12H10ClN3O3S. The Morgan fingerprint density at radius 1 is 1.55 bits per heavy atom. The number of nitro groups is 1. The molecule has 1 heterocycles. The molecule has 6 nitrogen and oxygen atoms in total. The van der Waals surface area contributed by atoms with E-state index in [1.165, 1.54) is 29.5 Å². The third-order valence-electron chi connectivity index (χ3n) is 2.43. The predicted octanol–water partition coefficient (Wildman–Crippen LogP) is 3.19. The summed E-state index contributed by atoms with van der Waals surface area (Å²) in [5, 5.41) is 16.1. The van der Waals surface area contributed by atoms with Gasteiger partial charge in [-0.15, -0.1) is 11.3 Å². The number of benzene rings is 1. The minimum absolute atomic E-state index is 0.0307. The largest absolute Gasteiger partial charge is 0.325 e. The Balaban J connectivity index is 2.08. The topological polar surface area (TPSA) is 85.1 Å². The number of hydrogen-bond donors (Lipinski definition) is 1. The van der Waals surface area contributed by atoms with Crippen LogP contribution in [-0.2, 0) is 11.2 Å². The molecule has 8 heteroatoms. The second kappa shape index (κ2) is 5.98. The van der Waals surface area contributed by atoms with E-state index in [4.69, 9.17) is 11.6 Å². The van der Waals surface area contributed by atoms with E-state index in [-0.39, 0.29) is 23.0 Å². The fourth-order valence-corrected chi connectivity index (χ4v) is 2.39. The molecule has 1 amide bonds. The molecule has 20 heavy (non-hydrogen) atoms. The van der Waals surface area contributed by atoms with Gasteiger partial charge < -0.3 is 5.32 Å². The lowest BCUT2D eigenvalue weighted by molar-refractivity contribution is -0.384. The maximum absolute atomic E-state index is 11.8. The summed E-state index contributed by atoms with van der Waals surface area (Å²) in [7, 11) is 0. The highest BCUT2D eigenvalue weighted by molar-refractivity contribution is 7.09. The zero-order valence-corrected chi connectivity index (χ0v) is 12.0. The highest BCUT2D eigenvalue weighted by Gasteiger charge is 2.14. The van der Waals surface area contributed by atoms with Crippen molar-refractivity contribution in [2.45, 2.75) is 13.3 Å². The van der Waals surface area contributed by atoms with Gasteiger partial charge in [-0.3, -0.25) is 14.9 Å². The van der Waals surface area contributed by atoms with Gasteiger partial charge in [-0.1, -0.05) is 11.6 Å². The van der Waals surface area contributed by atoms with Gasteiger partial charge in [-0.05, 0) is 19.1 Å². The minimum Gasteiger partial charge on any atom is -0.325 e. The molecular weight excluding hydrogens is 302 g/mol. The number of nitro benzene ring substituents is 1. The first-order valence-electron chi connectivity index (χ1n) is 5.60. The Kier molecular flexibility index (Phi) is 4.31. The van der Waals surface area contributed by atoms with Crippen molar-refractivity contribution in [1.29, 1.82) is 0 Å². The Labute approximate surface area is 123 Å². The number of anilines is 1. The van der Waals surface area contributed by atoms with Gasteiger partial charge in [0.25, 0.3) is 5.69 Å². The smallest absolute Gasteiger partial charge is 0.289 e. The van der Waals surface area contributed by atoms with Crippen LogP contribution in [0.3, 0.4) is 0 Å². The second-order valence-electron chi connectivity index (χ2n) is 4.01. The Hall–Kier alpha value is -1.99. The van der Waals surface area contributed by atoms with Crippen molar-refractivity contribution in [1.82, 2.24) is 4.98 Å². The van der Waals surface area contributed by atoms with Crippen LogP contribution in [0.2, 0.25) is 5.02 Å². The SMILES string of the molecule is Cc1nc(CC(=O)Nc2ccc(Cl)c([N+](=O)[O-])c2)cs1. The average molecular weight is 312 g/mol. The molecule has 1 N–H and O–H groups in total. The summed E-state index contributed by atoms with van der Waals surface area (Å²) in [5.74, 6) is -0.285. The molecule has 0 aliphatic heterocycles. The quantitative estimate of drug-likeness (QED) is 0.694. The average Bonchev–Trinajstić information content (AvgIpc) is 2.76. The lowest BCUT2D eigenvalue weighted by Crippen LogP contribution is -2.14. The van der Waals surface area contributed by atoms with Crippen molar-refractivity contribution >= 4 is 40.2 Å². The lowest BCUT2D eigenvalue weighted by atomic mass is 10.2. The lowest BCUT2D eigenvalue weighted by Gasteiger charge is -2.04. The molecule has 0 saturated carbocycles. The number of halogens is 1. The van der Waals surface area contributed by atoms with Gasteiger partial charge in [0.05, 0.1) is 22.0 Å². The van der Waals surface area contributed by atoms with Crippen LogP contribution in [0.15, 0.2) is 23.6 Å². The van der Waals surface area contributed by atoms with Crippen LogP contribution >= 0.6 is 22.9 Å². The number of thiazole rings is 1. The number of nitrogens with one attached hydrogen (secondary N) is 1. The number of carbonyl (C=O) groups is 1. The Morgan fingerprint density at radius 2 is 2.30 bits per heavy atom. The number of rotatable bonds is 4. The monoisotopic (exact) mass is 311 g/mol. The van der Waals surface area contributed by atoms with Gasteiger partial charge in [0.2, 0.25) is 5.91 Å². The number of nitrogens with zero attached hydrogens (tertiary/aromatic N) is 2. The standard InChI is InChI=1S/C12H10ClN3O3S/c1-7-14-9(6-20-7)5-12(17)15-8-2-3-10(13)11(4-8)16(18)19/h2-4,6H,5H2,1H3,(H,15,17). The molecule has 0 radical (unpaired) electrons. The molecule has 2 rings (SSSR count). The maximum atomic E-state index is 11.8. The van der Waals surface area contributed by atoms with Crippen LogP contribution in [0.4, 0.5) is 11.4 Å². The van der Waals surface area contributed by atoms with Crippen molar-refractivity contribution in [2.75, 3.05) is 5.32 Å². The molecule has 0 spiro atoms. The van der Waals surface area contributed by atoms with Gasteiger partial charge in [-0.25, -0.2) is 4.98 Å². The van der Waals surface area contributed by atoms with E-state index >= 15 is 0 Å². The van der Waals surface area contributed by atoms with E-state index in [0.717, 1.165) is 5.01 Å². The molecule has 1 aromatic heterocycles. The van der Waals surface area contributed by atoms with E-state index in [2.05, 4.69) is 10.3 Å². The van der Waals surface area contributed by atoms with E-state index in [9.17, 15) is 14.9 Å². The highest BCUT2D eigenvalue weighted by Crippen LogP contribution is 2.27. The third kappa shape index (κ3) is 3.52. The molecule has 0 unspecified atom stereocenters. The number of amides is 1. The fourth-order valence-electron chi connectivity index (χ4n) is 1.59. The van der Waals surface area contributed by atoms with Crippen molar-refractivity contribution in [3.63, 3.8) is 0 Å². The van der Waals surface area contributed by atoms with E-state index in [0.29, 0.717) is 11.4 Å². The van der Waals surface area contributed by atoms with Crippen LogP contribution in [0.1, 0.15) is 10.7 Å². The van der Waals surface area contributed by atoms with Gasteiger partial charge in [0.15, 0.2) is 0 Å². The van der Waals surface area contributed by atoms with Crippen molar-refractivity contribution in [3.8, 4) is 0 Å². The van der Waals surface area contributed by atoms with Crippen molar-refractivity contribution in [3.05, 3.63) is 49.4 Å². The number of aryl methyl sites for hydroxylation is 1. The molecule has 2 aromatic rings. The molecule has 0 aliphatic rings. The van der Waals surface area contributed by atoms with Gasteiger partial charge in [-0.2, -0.15) is 0 Å². The molecule has 0 bridgehead atoms. The van der Waals surface area contributed by atoms with Crippen molar-refractivity contribution in [2.24, 2.45) is 0 Å². The molecule has 0 aliphatic carbocycles. The third-order valence-corrected chi connectivity index (χ3v) is 3.58. The summed E-state index contributed by atoms with van der Waals surface area (Å²) in [6, 6.07) is 4.12. The van der Waals surface area contributed by atoms with E-state index in [1.807, 2.05) is 6.92 Å². The Morgan fingerprint density at radius 3 is 2.90 bits per heavy atom. The first-order valence-corrected chi connectivity index (χ1v) is 6.86. The van der Waals surface area contributed by atoms with Gasteiger partial charge in [0.1, 0.15) is 5.02 Å². The van der Waals surface area contributed by atoms with Gasteiger partial charge >= 0.3 is 0 Å². The second-order valence-corrected chi connectivity index (χ2v) is 5.48. The zero-order valence-electron chi connectivity index (χ0n) is 10.4. The normalized spacial score (nSPS) is 10.3. The van der Waals surface area contributed by atoms with Crippen molar-refractivity contribution < 1.29 is 9.72 Å². The molecule has 0 fully saturated rings. The first kappa shape index (κ1) is 14.4. The van der Waals surface area contributed by atoms with Crippen LogP contribution in [-0.4, -0.2) is 15.8 Å². The van der Waals surface area contributed by atoms with Gasteiger partial charge in [0, 0.05) is 17.1 Å².